The lowest BCUT2D eigenvalue weighted by Crippen LogP contribution is -2.30. The topological polar surface area (TPSA) is 48.1 Å². The number of hydrogen-bond donors (Lipinski definition) is 2. The first-order valence-corrected chi connectivity index (χ1v) is 7.74. The molecule has 1 aromatic carbocycles. The van der Waals surface area contributed by atoms with Crippen molar-refractivity contribution in [1.29, 1.82) is 0 Å². The number of nitrogens with zero attached hydrogens (tertiary/aromatic N) is 1. The number of carbonyl (C=O) groups is 1. The van der Waals surface area contributed by atoms with E-state index < -0.39 is 0 Å². The largest absolute Gasteiger partial charge is 0.351 e. The highest BCUT2D eigenvalue weighted by Crippen LogP contribution is 2.16. The summed E-state index contributed by atoms with van der Waals surface area (Å²) in [5, 5.41) is 4.07. The highest BCUT2D eigenvalue weighted by Gasteiger charge is 2.09. The van der Waals surface area contributed by atoms with E-state index in [4.69, 9.17) is 0 Å². The molecule has 2 rings (SSSR count). The summed E-state index contributed by atoms with van der Waals surface area (Å²) < 4.78 is 0. The molecule has 0 atom stereocenters. The lowest BCUT2D eigenvalue weighted by Gasteiger charge is -2.17. The Bertz CT molecular complexity index is 599. The minimum absolute atomic E-state index is 0.0246. The molecule has 0 fully saturated rings. The number of H-pyrrole nitrogens is 1. The summed E-state index contributed by atoms with van der Waals surface area (Å²) in [6, 6.07) is 8.07. The van der Waals surface area contributed by atoms with E-state index in [0.717, 1.165) is 37.0 Å². The molecule has 0 spiro atoms. The van der Waals surface area contributed by atoms with Gasteiger partial charge in [-0.3, -0.25) is 4.79 Å². The highest BCUT2D eigenvalue weighted by molar-refractivity contribution is 5.98. The van der Waals surface area contributed by atoms with Crippen LogP contribution < -0.4 is 5.32 Å². The molecule has 0 unspecified atom stereocenters. The molecule has 0 radical (unpaired) electrons. The van der Waals surface area contributed by atoms with Gasteiger partial charge in [-0.2, -0.15) is 0 Å². The van der Waals surface area contributed by atoms with Crippen LogP contribution >= 0.6 is 0 Å². The molecule has 2 N–H and O–H groups in total. The van der Waals surface area contributed by atoms with E-state index >= 15 is 0 Å². The Morgan fingerprint density at radius 2 is 2.00 bits per heavy atom. The summed E-state index contributed by atoms with van der Waals surface area (Å²) in [5.41, 5.74) is 2.85. The average molecular weight is 287 g/mol. The third kappa shape index (κ3) is 4.08. The Kier molecular flexibility index (Phi) is 5.39. The summed E-state index contributed by atoms with van der Waals surface area (Å²) >= 11 is 0. The van der Waals surface area contributed by atoms with Crippen LogP contribution in [0, 0.1) is 6.92 Å². The van der Waals surface area contributed by atoms with Gasteiger partial charge in [-0.25, -0.2) is 0 Å². The molecule has 114 valence electrons. The van der Waals surface area contributed by atoms with Gasteiger partial charge in [-0.05, 0) is 51.2 Å². The number of fused-ring (bicyclic) bond motifs is 1. The zero-order valence-electron chi connectivity index (χ0n) is 13.2. The average Bonchev–Trinajstić information content (AvgIpc) is 2.90. The summed E-state index contributed by atoms with van der Waals surface area (Å²) in [6.07, 6.45) is 0.979. The van der Waals surface area contributed by atoms with Gasteiger partial charge in [0.05, 0.1) is 0 Å². The third-order valence-corrected chi connectivity index (χ3v) is 3.85. The standard InChI is InChI=1S/C17H25N3O/c1-4-20(5-2)10-6-9-18-17(21)16-12-14-11-13(3)7-8-15(14)19-16/h7-8,11-12,19H,4-6,9-10H2,1-3H3,(H,18,21). The molecular weight excluding hydrogens is 262 g/mol. The first kappa shape index (κ1) is 15.6. The second-order valence-corrected chi connectivity index (χ2v) is 5.41. The zero-order valence-corrected chi connectivity index (χ0v) is 13.2. The maximum absolute atomic E-state index is 12.1. The van der Waals surface area contributed by atoms with E-state index in [2.05, 4.69) is 42.0 Å². The first-order chi connectivity index (χ1) is 10.1. The van der Waals surface area contributed by atoms with Crippen molar-refractivity contribution in [3.63, 3.8) is 0 Å². The van der Waals surface area contributed by atoms with Crippen LogP contribution in [0.3, 0.4) is 0 Å². The van der Waals surface area contributed by atoms with Crippen LogP contribution in [0.4, 0.5) is 0 Å². The Balaban J connectivity index is 1.87. The van der Waals surface area contributed by atoms with Crippen LogP contribution in [0.5, 0.6) is 0 Å². The number of nitrogens with one attached hydrogen (secondary N) is 2. The van der Waals surface area contributed by atoms with E-state index in [1.807, 2.05) is 18.2 Å². The lowest BCUT2D eigenvalue weighted by atomic mass is 10.2. The number of aromatic nitrogens is 1. The van der Waals surface area contributed by atoms with Crippen molar-refractivity contribution in [2.75, 3.05) is 26.2 Å². The molecular formula is C17H25N3O. The molecule has 0 saturated carbocycles. The maximum Gasteiger partial charge on any atom is 0.267 e. The van der Waals surface area contributed by atoms with Crippen molar-refractivity contribution >= 4 is 16.8 Å². The first-order valence-electron chi connectivity index (χ1n) is 7.74. The van der Waals surface area contributed by atoms with Gasteiger partial charge in [0.25, 0.3) is 5.91 Å². The van der Waals surface area contributed by atoms with E-state index in [1.165, 1.54) is 5.56 Å². The van der Waals surface area contributed by atoms with Gasteiger partial charge in [-0.15, -0.1) is 0 Å². The second kappa shape index (κ2) is 7.27. The molecule has 1 heterocycles. The Morgan fingerprint density at radius 3 is 2.71 bits per heavy atom. The van der Waals surface area contributed by atoms with Crippen molar-refractivity contribution in [1.82, 2.24) is 15.2 Å². The Labute approximate surface area is 126 Å². The van der Waals surface area contributed by atoms with Gasteiger partial charge in [0, 0.05) is 17.4 Å². The zero-order chi connectivity index (χ0) is 15.2. The molecule has 0 aliphatic heterocycles. The molecule has 1 amide bonds. The van der Waals surface area contributed by atoms with E-state index in [1.54, 1.807) is 0 Å². The fraction of sp³-hybridized carbons (Fsp3) is 0.471. The quantitative estimate of drug-likeness (QED) is 0.769. The van der Waals surface area contributed by atoms with Crippen LogP contribution in [-0.2, 0) is 0 Å². The second-order valence-electron chi connectivity index (χ2n) is 5.41. The van der Waals surface area contributed by atoms with Crippen molar-refractivity contribution in [2.45, 2.75) is 27.2 Å². The molecule has 2 aromatic rings. The van der Waals surface area contributed by atoms with Gasteiger partial charge in [0.2, 0.25) is 0 Å². The van der Waals surface area contributed by atoms with Crippen LogP contribution in [0.2, 0.25) is 0 Å². The van der Waals surface area contributed by atoms with Crippen LogP contribution in [0.1, 0.15) is 36.3 Å². The normalized spacial score (nSPS) is 11.2. The number of benzene rings is 1. The SMILES string of the molecule is CCN(CC)CCCNC(=O)c1cc2cc(C)ccc2[nH]1. The predicted octanol–water partition coefficient (Wildman–Crippen LogP) is 2.94. The number of amides is 1. The number of hydrogen-bond acceptors (Lipinski definition) is 2. The lowest BCUT2D eigenvalue weighted by molar-refractivity contribution is 0.0947. The number of aromatic amines is 1. The van der Waals surface area contributed by atoms with Gasteiger partial charge in [-0.1, -0.05) is 25.5 Å². The molecule has 0 aliphatic rings. The molecule has 0 bridgehead atoms. The van der Waals surface area contributed by atoms with Crippen LogP contribution in [-0.4, -0.2) is 42.0 Å². The molecule has 4 nitrogen and oxygen atoms in total. The minimum atomic E-state index is -0.0246. The summed E-state index contributed by atoms with van der Waals surface area (Å²) in [7, 11) is 0. The van der Waals surface area contributed by atoms with Gasteiger partial charge in [0.15, 0.2) is 0 Å². The molecule has 0 saturated heterocycles. The van der Waals surface area contributed by atoms with Crippen molar-refractivity contribution < 1.29 is 4.79 Å². The van der Waals surface area contributed by atoms with Crippen molar-refractivity contribution in [3.05, 3.63) is 35.5 Å². The maximum atomic E-state index is 12.1. The van der Waals surface area contributed by atoms with E-state index in [9.17, 15) is 4.79 Å². The summed E-state index contributed by atoms with van der Waals surface area (Å²) in [6.45, 7) is 10.2. The fourth-order valence-electron chi connectivity index (χ4n) is 2.51. The Hall–Kier alpha value is -1.81. The predicted molar refractivity (Wildman–Crippen MR) is 87.8 cm³/mol. The number of rotatable bonds is 7. The highest BCUT2D eigenvalue weighted by atomic mass is 16.1. The van der Waals surface area contributed by atoms with Gasteiger partial charge < -0.3 is 15.2 Å². The molecule has 0 aliphatic carbocycles. The number of carbonyl (C=O) groups excluding carboxylic acids is 1. The monoisotopic (exact) mass is 287 g/mol. The number of aryl methyl sites for hydroxylation is 1. The van der Waals surface area contributed by atoms with Crippen LogP contribution in [0.15, 0.2) is 24.3 Å². The molecule has 4 heteroatoms. The molecule has 1 aromatic heterocycles. The van der Waals surface area contributed by atoms with Gasteiger partial charge in [0.1, 0.15) is 5.69 Å². The van der Waals surface area contributed by atoms with Gasteiger partial charge >= 0.3 is 0 Å². The van der Waals surface area contributed by atoms with Crippen LogP contribution in [0.25, 0.3) is 10.9 Å². The Morgan fingerprint density at radius 1 is 1.24 bits per heavy atom. The summed E-state index contributed by atoms with van der Waals surface area (Å²) in [4.78, 5) is 17.7. The summed E-state index contributed by atoms with van der Waals surface area (Å²) in [5.74, 6) is -0.0246. The van der Waals surface area contributed by atoms with E-state index in [-0.39, 0.29) is 5.91 Å². The van der Waals surface area contributed by atoms with Crippen molar-refractivity contribution in [3.8, 4) is 0 Å². The smallest absolute Gasteiger partial charge is 0.267 e. The van der Waals surface area contributed by atoms with Crippen molar-refractivity contribution in [2.24, 2.45) is 0 Å². The molecule has 21 heavy (non-hydrogen) atoms. The third-order valence-electron chi connectivity index (χ3n) is 3.85. The van der Waals surface area contributed by atoms with E-state index in [0.29, 0.717) is 12.2 Å². The fourth-order valence-corrected chi connectivity index (χ4v) is 2.51. The minimum Gasteiger partial charge on any atom is -0.351 e.